The van der Waals surface area contributed by atoms with Gasteiger partial charge in [-0.15, -0.1) is 6.42 Å². The highest BCUT2D eigenvalue weighted by atomic mass is 16.2. The Morgan fingerprint density at radius 3 is 2.85 bits per heavy atom. The molecule has 3 heteroatoms. The third kappa shape index (κ3) is 2.98. The van der Waals surface area contributed by atoms with Crippen molar-refractivity contribution < 1.29 is 4.79 Å². The molecule has 0 heterocycles. The Morgan fingerprint density at radius 2 is 2.38 bits per heavy atom. The molecule has 1 rings (SSSR count). The van der Waals surface area contributed by atoms with E-state index < -0.39 is 0 Å². The van der Waals surface area contributed by atoms with Crippen molar-refractivity contribution in [1.82, 2.24) is 10.6 Å². The summed E-state index contributed by atoms with van der Waals surface area (Å²) >= 11 is 0. The van der Waals surface area contributed by atoms with Crippen LogP contribution in [-0.2, 0) is 0 Å². The summed E-state index contributed by atoms with van der Waals surface area (Å²) in [7, 11) is 0. The van der Waals surface area contributed by atoms with Crippen LogP contribution in [0.1, 0.15) is 26.2 Å². The lowest BCUT2D eigenvalue weighted by atomic mass is 9.80. The molecular formula is C10H16N2O. The molecule has 0 aliphatic heterocycles. The molecule has 0 spiro atoms. The van der Waals surface area contributed by atoms with E-state index in [9.17, 15) is 4.79 Å². The predicted octanol–water partition coefficient (Wildman–Crippen LogP) is 1.11. The topological polar surface area (TPSA) is 41.1 Å². The monoisotopic (exact) mass is 180 g/mol. The van der Waals surface area contributed by atoms with Crippen LogP contribution in [-0.4, -0.2) is 18.6 Å². The summed E-state index contributed by atoms with van der Waals surface area (Å²) in [5, 5.41) is 5.45. The van der Waals surface area contributed by atoms with E-state index in [2.05, 4.69) is 16.6 Å². The molecule has 2 amide bonds. The molecule has 1 aliphatic rings. The van der Waals surface area contributed by atoms with Crippen molar-refractivity contribution in [2.45, 2.75) is 32.2 Å². The van der Waals surface area contributed by atoms with Gasteiger partial charge in [0.1, 0.15) is 0 Å². The minimum Gasteiger partial charge on any atom is -0.335 e. The first-order valence-electron chi connectivity index (χ1n) is 4.72. The normalized spacial score (nSPS) is 18.2. The maximum atomic E-state index is 11.1. The molecule has 2 N–H and O–H groups in total. The number of hydrogen-bond donors (Lipinski definition) is 2. The van der Waals surface area contributed by atoms with Crippen molar-refractivity contribution in [3.05, 3.63) is 0 Å². The molecule has 72 valence electrons. The number of carbonyl (C=O) groups excluding carboxylic acids is 1. The second-order valence-corrected chi connectivity index (χ2v) is 3.51. The lowest BCUT2D eigenvalue weighted by Gasteiger charge is -2.31. The SMILES string of the molecule is C#CCNC(=O)N[C@H](C)C1CCC1. The number of urea groups is 1. The molecule has 13 heavy (non-hydrogen) atoms. The fourth-order valence-corrected chi connectivity index (χ4v) is 1.45. The van der Waals surface area contributed by atoms with Crippen molar-refractivity contribution in [3.63, 3.8) is 0 Å². The lowest BCUT2D eigenvalue weighted by Crippen LogP contribution is -2.45. The van der Waals surface area contributed by atoms with Crippen molar-refractivity contribution in [2.75, 3.05) is 6.54 Å². The predicted molar refractivity (Wildman–Crippen MR) is 52.2 cm³/mol. The first-order valence-corrected chi connectivity index (χ1v) is 4.72. The van der Waals surface area contributed by atoms with E-state index in [-0.39, 0.29) is 12.1 Å². The number of rotatable bonds is 3. The summed E-state index contributed by atoms with van der Waals surface area (Å²) in [6, 6.07) is 0.115. The molecule has 1 aliphatic carbocycles. The van der Waals surface area contributed by atoms with Crippen LogP contribution >= 0.6 is 0 Å². The van der Waals surface area contributed by atoms with Crippen LogP contribution in [0.3, 0.4) is 0 Å². The van der Waals surface area contributed by atoms with Gasteiger partial charge < -0.3 is 10.6 Å². The summed E-state index contributed by atoms with van der Waals surface area (Å²) in [6.07, 6.45) is 8.77. The Bertz CT molecular complexity index is 215. The van der Waals surface area contributed by atoms with E-state index >= 15 is 0 Å². The van der Waals surface area contributed by atoms with Crippen molar-refractivity contribution in [1.29, 1.82) is 0 Å². The first-order chi connectivity index (χ1) is 6.24. The molecule has 3 nitrogen and oxygen atoms in total. The number of amides is 2. The highest BCUT2D eigenvalue weighted by molar-refractivity contribution is 5.74. The zero-order valence-electron chi connectivity index (χ0n) is 7.97. The molecule has 0 unspecified atom stereocenters. The van der Waals surface area contributed by atoms with Crippen molar-refractivity contribution >= 4 is 6.03 Å². The third-order valence-electron chi connectivity index (χ3n) is 2.57. The van der Waals surface area contributed by atoms with Gasteiger partial charge in [-0.3, -0.25) is 0 Å². The van der Waals surface area contributed by atoms with E-state index in [4.69, 9.17) is 6.42 Å². The van der Waals surface area contributed by atoms with Gasteiger partial charge in [-0.05, 0) is 25.7 Å². The average molecular weight is 180 g/mol. The van der Waals surface area contributed by atoms with Crippen LogP contribution in [0.4, 0.5) is 4.79 Å². The quantitative estimate of drug-likeness (QED) is 0.627. The first kappa shape index (κ1) is 9.91. The molecule has 0 saturated heterocycles. The molecule has 0 bridgehead atoms. The van der Waals surface area contributed by atoms with E-state index in [0.29, 0.717) is 12.5 Å². The summed E-state index contributed by atoms with van der Waals surface area (Å²) in [5.41, 5.74) is 0. The Hall–Kier alpha value is -1.17. The van der Waals surface area contributed by atoms with Crippen LogP contribution in [0.25, 0.3) is 0 Å². The Kier molecular flexibility index (Phi) is 3.63. The molecule has 0 aromatic heterocycles. The maximum absolute atomic E-state index is 11.1. The Morgan fingerprint density at radius 1 is 1.69 bits per heavy atom. The molecule has 0 aromatic rings. The number of nitrogens with one attached hydrogen (secondary N) is 2. The minimum absolute atomic E-state index is 0.155. The molecule has 0 aromatic carbocycles. The minimum atomic E-state index is -0.155. The highest BCUT2D eigenvalue weighted by Gasteiger charge is 2.24. The average Bonchev–Trinajstić information content (AvgIpc) is 1.97. The van der Waals surface area contributed by atoms with Crippen LogP contribution in [0.5, 0.6) is 0 Å². The standard InChI is InChI=1S/C10H16N2O/c1-3-7-11-10(13)12-8(2)9-5-4-6-9/h1,8-9H,4-7H2,2H3,(H2,11,12,13)/t8-/m1/s1. The molecule has 1 saturated carbocycles. The molecular weight excluding hydrogens is 164 g/mol. The number of carbonyl (C=O) groups is 1. The van der Waals surface area contributed by atoms with Crippen LogP contribution in [0, 0.1) is 18.3 Å². The van der Waals surface area contributed by atoms with Crippen molar-refractivity contribution in [2.24, 2.45) is 5.92 Å². The fourth-order valence-electron chi connectivity index (χ4n) is 1.45. The lowest BCUT2D eigenvalue weighted by molar-refractivity contribution is 0.214. The van der Waals surface area contributed by atoms with Gasteiger partial charge in [0.15, 0.2) is 0 Å². The molecule has 1 fully saturated rings. The smallest absolute Gasteiger partial charge is 0.315 e. The second-order valence-electron chi connectivity index (χ2n) is 3.51. The van der Waals surface area contributed by atoms with Crippen LogP contribution in [0.2, 0.25) is 0 Å². The number of terminal acetylenes is 1. The van der Waals surface area contributed by atoms with E-state index in [1.165, 1.54) is 19.3 Å². The van der Waals surface area contributed by atoms with Gasteiger partial charge in [0.25, 0.3) is 0 Å². The van der Waals surface area contributed by atoms with Gasteiger partial charge >= 0.3 is 6.03 Å². The van der Waals surface area contributed by atoms with Crippen LogP contribution < -0.4 is 10.6 Å². The van der Waals surface area contributed by atoms with Gasteiger partial charge in [0.2, 0.25) is 0 Å². The molecule has 0 radical (unpaired) electrons. The van der Waals surface area contributed by atoms with E-state index in [1.807, 2.05) is 6.92 Å². The van der Waals surface area contributed by atoms with Gasteiger partial charge in [0.05, 0.1) is 6.54 Å². The van der Waals surface area contributed by atoms with Crippen LogP contribution in [0.15, 0.2) is 0 Å². The van der Waals surface area contributed by atoms with Gasteiger partial charge in [0, 0.05) is 6.04 Å². The molecule has 1 atom stereocenters. The van der Waals surface area contributed by atoms with Crippen molar-refractivity contribution in [3.8, 4) is 12.3 Å². The van der Waals surface area contributed by atoms with E-state index in [0.717, 1.165) is 0 Å². The largest absolute Gasteiger partial charge is 0.335 e. The summed E-state index contributed by atoms with van der Waals surface area (Å²) in [4.78, 5) is 11.1. The summed E-state index contributed by atoms with van der Waals surface area (Å²) < 4.78 is 0. The Labute approximate surface area is 79.3 Å². The number of hydrogen-bond acceptors (Lipinski definition) is 1. The Balaban J connectivity index is 2.15. The fraction of sp³-hybridized carbons (Fsp3) is 0.700. The van der Waals surface area contributed by atoms with Gasteiger partial charge in [-0.2, -0.15) is 0 Å². The maximum Gasteiger partial charge on any atom is 0.315 e. The summed E-state index contributed by atoms with van der Waals surface area (Å²) in [5.74, 6) is 3.02. The van der Waals surface area contributed by atoms with Gasteiger partial charge in [-0.25, -0.2) is 4.79 Å². The highest BCUT2D eigenvalue weighted by Crippen LogP contribution is 2.29. The zero-order valence-corrected chi connectivity index (χ0v) is 7.97. The second kappa shape index (κ2) is 4.76. The van der Waals surface area contributed by atoms with Gasteiger partial charge in [-0.1, -0.05) is 12.3 Å². The third-order valence-corrected chi connectivity index (χ3v) is 2.57. The summed E-state index contributed by atoms with van der Waals surface area (Å²) in [6.45, 7) is 2.34. The zero-order chi connectivity index (χ0) is 9.68. The van der Waals surface area contributed by atoms with E-state index in [1.54, 1.807) is 0 Å².